The second-order valence-electron chi connectivity index (χ2n) is 35.3. The van der Waals surface area contributed by atoms with Crippen molar-refractivity contribution >= 4 is 435 Å². The van der Waals surface area contributed by atoms with Crippen LogP contribution in [0.15, 0.2) is 67.8 Å². The quantitative estimate of drug-likeness (QED) is 0.00393. The SMILES string of the molecule is C.C.C.C.C=C(C)C(CCN(C)C)OO.C=CC[Si](C)(C)C.C=C[CH-]B(P)I.CC(C)(Br)C(=O)Br.CC(C)(Cl)c1ccccc1.CCCB(I)PC(=O)C(C)(C)Br.CCCB(I)PC(=O)C(C)(C)CC(C)(Br)C(CCN(C)C)OO.CCCB(I)PC(=O)C(C)(C)CC(C)(Br)C(CC[N+](C)(C)C)OO.CCCB(I)PO.CCCB(I)PO.CCN(CC)CC.CI.[B].[B].[BiH].[Br-].[Cl][Ti]([Cl])([Cl])[Cl].[I-]. The van der Waals surface area contributed by atoms with E-state index < -0.39 is 44.2 Å². The first-order valence-electron chi connectivity index (χ1n) is 42.6. The summed E-state index contributed by atoms with van der Waals surface area (Å²) in [6.07, 6.45) is 19.7. The molecule has 8 radical (unpaired) electrons. The number of carbonyl (C=O) groups is 4. The molecule has 1 aromatic rings. The Kier molecular flexibility index (Phi) is 172. The Morgan fingerprint density at radius 3 is 1.01 bits per heavy atom. The Balaban J connectivity index is -0.0000000580. The zero-order valence-corrected chi connectivity index (χ0v) is 129. The molecule has 0 aliphatic rings. The normalized spacial score (nSPS) is 12.4. The fourth-order valence-corrected chi connectivity index (χ4v) is 23.1. The molecule has 0 amide bonds. The first-order chi connectivity index (χ1) is 58.0. The summed E-state index contributed by atoms with van der Waals surface area (Å²) in [6.45, 7) is 66.6. The molecule has 0 saturated heterocycles. The van der Waals surface area contributed by atoms with E-state index in [4.69, 9.17) is 73.6 Å². The van der Waals surface area contributed by atoms with Gasteiger partial charge in [0.2, 0.25) is 4.69 Å². The third kappa shape index (κ3) is 152. The fourth-order valence-electron chi connectivity index (χ4n) is 9.36. The minimum atomic E-state index is -3.11. The monoisotopic (exact) mass is 3680 g/mol. The van der Waals surface area contributed by atoms with Gasteiger partial charge in [-0.25, -0.2) is 33.6 Å². The van der Waals surface area contributed by atoms with Crippen LogP contribution in [0.4, 0.5) is 0 Å². The number of alkyl halides is 6. The van der Waals surface area contributed by atoms with Crippen LogP contribution in [0.25, 0.3) is 0 Å². The molecule has 820 valence electrons. The maximum Gasteiger partial charge on any atom is -1.00 e. The largest absolute Gasteiger partial charge is 1.00 e. The Morgan fingerprint density at radius 2 is 0.854 bits per heavy atom. The van der Waals surface area contributed by atoms with Crippen LogP contribution in [0.5, 0.6) is 0 Å². The van der Waals surface area contributed by atoms with Gasteiger partial charge in [-0.1, -0.05) is 351 Å². The second-order valence-corrected chi connectivity index (χ2v) is 88.7. The summed E-state index contributed by atoms with van der Waals surface area (Å²) in [5.74, 6) is 0. The van der Waals surface area contributed by atoms with Crippen LogP contribution >= 0.6 is 337 Å². The molecule has 16 nitrogen and oxygen atoms in total. The summed E-state index contributed by atoms with van der Waals surface area (Å²) in [5, 5.41) is 27.1. The number of carbonyl (C=O) groups excluding carboxylic acids is 4. The van der Waals surface area contributed by atoms with E-state index in [2.05, 4.69) is 376 Å². The number of benzene rings is 1. The average Bonchev–Trinajstić information content (AvgIpc) is 0.820. The topological polar surface area (TPSA) is 207 Å². The summed E-state index contributed by atoms with van der Waals surface area (Å²) < 4.78 is 2.05. The maximum atomic E-state index is 12.7. The van der Waals surface area contributed by atoms with Crippen LogP contribution in [-0.2, 0) is 51.1 Å². The van der Waals surface area contributed by atoms with E-state index in [1.807, 2.05) is 157 Å². The molecule has 0 aliphatic heterocycles. The van der Waals surface area contributed by atoms with Gasteiger partial charge in [-0.3, -0.25) is 34.9 Å². The molecule has 0 heterocycles. The van der Waals surface area contributed by atoms with Crippen molar-refractivity contribution < 1.29 is 117 Å². The van der Waals surface area contributed by atoms with E-state index in [1.165, 1.54) is 38.5 Å². The van der Waals surface area contributed by atoms with Gasteiger partial charge in [0.25, 0.3) is 21.4 Å². The van der Waals surface area contributed by atoms with Crippen LogP contribution in [0.1, 0.15) is 245 Å². The molecule has 1 rings (SSSR count). The predicted octanol–water partition coefficient (Wildman–Crippen LogP) is 28.6. The van der Waals surface area contributed by atoms with Gasteiger partial charge >= 0.3 is 75.8 Å². The summed E-state index contributed by atoms with van der Waals surface area (Å²) in [6, 6.07) is 11.3. The third-order valence-corrected chi connectivity index (χ3v) is 36.4. The van der Waals surface area contributed by atoms with E-state index in [9.17, 15) is 29.7 Å². The Bertz CT molecular complexity index is 2860. The molecular formula is C85H186B8BiBr6Cl5I8N4O12P6SiTi-2. The minimum absolute atomic E-state index is 0. The van der Waals surface area contributed by atoms with Gasteiger partial charge in [0, 0.05) is 55.2 Å². The van der Waals surface area contributed by atoms with E-state index in [0.29, 0.717) is 86.9 Å². The van der Waals surface area contributed by atoms with Crippen molar-refractivity contribution in [2.75, 3.05) is 93.5 Å². The number of hydrogen-bond donors (Lipinski definition) is 5. The number of quaternary nitrogens is 1. The maximum absolute atomic E-state index is 12.7. The van der Waals surface area contributed by atoms with Crippen molar-refractivity contribution in [2.45, 2.75) is 337 Å². The zero-order chi connectivity index (χ0) is 104. The fraction of sp³-hybridized carbons (Fsp3) is 0.800. The smallest absolute Gasteiger partial charge is 1.00 e. The van der Waals surface area contributed by atoms with Crippen molar-refractivity contribution in [1.82, 2.24) is 14.7 Å². The summed E-state index contributed by atoms with van der Waals surface area (Å²) in [7, 11) is 37.5. The van der Waals surface area contributed by atoms with E-state index >= 15 is 0 Å². The first-order valence-corrected chi connectivity index (χ1v) is 74.8. The predicted molar refractivity (Wildman–Crippen MR) is 728 cm³/mol. The van der Waals surface area contributed by atoms with Crippen LogP contribution in [0.2, 0.25) is 57.3 Å². The molecule has 0 aromatic heterocycles. The van der Waals surface area contributed by atoms with Gasteiger partial charge < -0.3 is 69.9 Å². The van der Waals surface area contributed by atoms with Gasteiger partial charge in [0.05, 0.1) is 49.9 Å². The van der Waals surface area contributed by atoms with Crippen molar-refractivity contribution in [2.24, 2.45) is 10.8 Å². The van der Waals surface area contributed by atoms with Gasteiger partial charge in [-0.2, -0.15) is 31.5 Å². The van der Waals surface area contributed by atoms with E-state index in [1.54, 1.807) is 19.9 Å². The average molecular weight is 3690 g/mol. The molecule has 0 fully saturated rings. The van der Waals surface area contributed by atoms with Crippen LogP contribution < -0.4 is 41.0 Å². The van der Waals surface area contributed by atoms with Gasteiger partial charge in [-0.05, 0) is 191 Å². The van der Waals surface area contributed by atoms with Gasteiger partial charge in [-0.15, -0.1) is 130 Å². The molecule has 0 spiro atoms. The number of allylic oxidation sites excluding steroid dienone is 2. The molecule has 0 bridgehead atoms. The summed E-state index contributed by atoms with van der Waals surface area (Å²) in [4.78, 5) is 86.2. The molecule has 5 N–H and O–H groups in total. The van der Waals surface area contributed by atoms with Gasteiger partial charge in [0.1, 0.15) is 29.4 Å². The molecule has 0 saturated carbocycles. The number of hydrogen-bond acceptors (Lipinski definition) is 15. The first kappa shape index (κ1) is 199. The molecule has 1 aromatic carbocycles. The summed E-state index contributed by atoms with van der Waals surface area (Å²) in [5.41, 5.74) is 2.08. The molecule has 11 unspecified atom stereocenters. The number of rotatable bonds is 49. The Labute approximate surface area is 1070 Å². The third-order valence-electron chi connectivity index (χ3n) is 16.6. The van der Waals surface area contributed by atoms with Gasteiger partial charge in [0.15, 0.2) is 9.81 Å². The van der Waals surface area contributed by atoms with E-state index in [0.717, 1.165) is 99.0 Å². The van der Waals surface area contributed by atoms with E-state index in [-0.39, 0.29) is 163 Å². The number of nitrogens with zero attached hydrogens (tertiary/aromatic N) is 4. The molecule has 137 heavy (non-hydrogen) atoms. The Morgan fingerprint density at radius 1 is 0.577 bits per heavy atom. The van der Waals surface area contributed by atoms with Crippen molar-refractivity contribution in [3.05, 3.63) is 79.7 Å². The molecule has 52 heteroatoms. The molecule has 11 atom stereocenters. The van der Waals surface area contributed by atoms with Crippen molar-refractivity contribution in [1.29, 1.82) is 0 Å². The molecular weight excluding hydrogens is 3500 g/mol. The van der Waals surface area contributed by atoms with Crippen LogP contribution in [0.3, 0.4) is 0 Å². The van der Waals surface area contributed by atoms with Crippen LogP contribution in [0, 0.1) is 17.2 Å². The van der Waals surface area contributed by atoms with Crippen LogP contribution in [-0.4, -0.2) is 272 Å². The summed E-state index contributed by atoms with van der Waals surface area (Å²) >= 11 is 35.8. The number of halogens is 19. The second kappa shape index (κ2) is 119. The molecule has 0 aliphatic carbocycles. The Hall–Kier alpha value is 11.6. The zero-order valence-electron chi connectivity index (χ0n) is 85.8. The minimum Gasteiger partial charge on any atom is -1.00 e. The van der Waals surface area contributed by atoms with Crippen molar-refractivity contribution in [3.63, 3.8) is 0 Å². The standard InChI is InChI=1S/C16H33BBrINO3P.C15H31BBrINO3P.C9H11Cl.C8H17NO2.C7H14BBrIOP.C6H15N.C6H14Si.C4H6Br2O.2C3H9BIOP.C3H6BIP.CH3I.4CH4.2B.Bi.BrH.4ClH.HI.Ti.H/c1-8-10-17(19)24-14(21)15(2,3)12-16(4,18)13(23-22)9-11-20(5,6)7;1-7-9-16(18)23-13(20)14(2,3)11-15(4,17)12(22-21)8-10-19(5)6;1-9(2,10)8-6-4-3-5-7-8;1-7(2)8(11-10)5-6-9(3)4;1-4-5-8(10)12-6(11)7(2,3)9;1-4-7(5-2)6-3;1-5-6-7(2,3)4;1-4(2,6)3(5)7;2*1-2-3-4(5)7-6;1-2-3-4(5)6;1-2;;;;;;;;;;;;;;;/h13,24H,8-12H2,1-7H3;12,21,23H,7-11H2,1-6H3;3-7H,1-2H3;8,10H,1,5-6H2,2-4H3;12H,4-5H2,1-3H3;4-6H2,1-3H3;5H,1,6H2,2-4H3;1-2H3;2*6-7H,2-3H2,1H3;2-3H,1,6H2;1H3;4*1H4;;;;6*1H;;/q;;;;;;;;;;-1;;;;;;;;;;;;;;;+4;/p-5. The van der Waals surface area contributed by atoms with Crippen molar-refractivity contribution in [3.8, 4) is 0 Å².